The van der Waals surface area contributed by atoms with Crippen molar-refractivity contribution in [1.82, 2.24) is 9.97 Å². The number of nitrogens with one attached hydrogen (secondary N) is 1. The van der Waals surface area contributed by atoms with Crippen molar-refractivity contribution < 1.29 is 0 Å². The first-order chi connectivity index (χ1) is 6.15. The molecule has 0 atom stereocenters. The largest absolute Gasteiger partial charge is 0.397 e. The fraction of sp³-hybridized carbons (Fsp3) is 0.333. The normalized spacial score (nSPS) is 11.7. The third-order valence-corrected chi connectivity index (χ3v) is 1.61. The van der Waals surface area contributed by atoms with Crippen LogP contribution in [0.5, 0.6) is 0 Å². The van der Waals surface area contributed by atoms with Gasteiger partial charge in [0.25, 0.3) is 5.56 Å². The summed E-state index contributed by atoms with van der Waals surface area (Å²) in [6.45, 7) is 3.76. The van der Waals surface area contributed by atoms with E-state index >= 15 is 0 Å². The minimum Gasteiger partial charge on any atom is -0.397 e. The number of allylic oxidation sites excluding steroid dienone is 1. The van der Waals surface area contributed by atoms with Crippen molar-refractivity contribution in [2.24, 2.45) is 5.73 Å². The summed E-state index contributed by atoms with van der Waals surface area (Å²) in [6, 6.07) is 0. The van der Waals surface area contributed by atoms with E-state index in [1.54, 1.807) is 19.2 Å². The van der Waals surface area contributed by atoms with Gasteiger partial charge < -0.3 is 10.7 Å². The monoisotopic (exact) mass is 179 g/mol. The molecule has 4 heteroatoms. The van der Waals surface area contributed by atoms with Crippen molar-refractivity contribution in [2.45, 2.75) is 20.3 Å². The Labute approximate surface area is 76.5 Å². The van der Waals surface area contributed by atoms with Crippen LogP contribution in [0, 0.1) is 6.92 Å². The molecule has 0 spiro atoms. The molecule has 0 fully saturated rings. The Morgan fingerprint density at radius 2 is 2.46 bits per heavy atom. The second-order valence-electron chi connectivity index (χ2n) is 2.79. The lowest BCUT2D eigenvalue weighted by atomic mass is 10.2. The van der Waals surface area contributed by atoms with Crippen LogP contribution >= 0.6 is 0 Å². The van der Waals surface area contributed by atoms with E-state index in [0.29, 0.717) is 11.4 Å². The summed E-state index contributed by atoms with van der Waals surface area (Å²) in [5, 5.41) is 0. The van der Waals surface area contributed by atoms with Crippen LogP contribution in [0.2, 0.25) is 0 Å². The van der Waals surface area contributed by atoms with E-state index in [-0.39, 0.29) is 5.56 Å². The SMILES string of the molecule is CC/C=C(/N)c1nc(C)c[nH]c1=O. The number of aryl methyl sites for hydroxylation is 1. The maximum atomic E-state index is 11.2. The Hall–Kier alpha value is -1.58. The zero-order valence-corrected chi connectivity index (χ0v) is 7.79. The van der Waals surface area contributed by atoms with E-state index in [1.807, 2.05) is 6.92 Å². The van der Waals surface area contributed by atoms with E-state index < -0.39 is 0 Å². The second kappa shape index (κ2) is 3.89. The number of nitrogens with zero attached hydrogens (tertiary/aromatic N) is 1. The van der Waals surface area contributed by atoms with Gasteiger partial charge in [0.15, 0.2) is 5.69 Å². The van der Waals surface area contributed by atoms with Crippen LogP contribution in [0.1, 0.15) is 24.7 Å². The minimum atomic E-state index is -0.243. The summed E-state index contributed by atoms with van der Waals surface area (Å²) in [5.74, 6) is 0. The van der Waals surface area contributed by atoms with Crippen LogP contribution in [-0.2, 0) is 0 Å². The molecule has 4 nitrogen and oxygen atoms in total. The molecule has 0 amide bonds. The van der Waals surface area contributed by atoms with E-state index in [4.69, 9.17) is 5.73 Å². The molecule has 1 rings (SSSR count). The Kier molecular flexibility index (Phi) is 2.84. The fourth-order valence-corrected chi connectivity index (χ4v) is 1.01. The van der Waals surface area contributed by atoms with Crippen molar-refractivity contribution in [3.05, 3.63) is 34.0 Å². The van der Waals surface area contributed by atoms with Crippen LogP contribution in [-0.4, -0.2) is 9.97 Å². The van der Waals surface area contributed by atoms with Gasteiger partial charge in [0, 0.05) is 6.20 Å². The maximum absolute atomic E-state index is 11.2. The van der Waals surface area contributed by atoms with E-state index in [9.17, 15) is 4.79 Å². The van der Waals surface area contributed by atoms with Gasteiger partial charge in [0.1, 0.15) is 0 Å². The average Bonchev–Trinajstić information content (AvgIpc) is 2.09. The number of hydrogen-bond donors (Lipinski definition) is 2. The second-order valence-corrected chi connectivity index (χ2v) is 2.79. The molecule has 0 saturated heterocycles. The van der Waals surface area contributed by atoms with Gasteiger partial charge in [-0.1, -0.05) is 13.0 Å². The molecule has 0 radical (unpaired) electrons. The smallest absolute Gasteiger partial charge is 0.275 e. The molecule has 1 aromatic heterocycles. The van der Waals surface area contributed by atoms with Crippen LogP contribution in [0.4, 0.5) is 0 Å². The van der Waals surface area contributed by atoms with Gasteiger partial charge in [-0.3, -0.25) is 4.79 Å². The van der Waals surface area contributed by atoms with Gasteiger partial charge in [-0.2, -0.15) is 0 Å². The van der Waals surface area contributed by atoms with Crippen molar-refractivity contribution >= 4 is 5.70 Å². The van der Waals surface area contributed by atoms with Gasteiger partial charge in [-0.05, 0) is 13.3 Å². The standard InChI is InChI=1S/C9H13N3O/c1-3-4-7(10)8-9(13)11-5-6(2)12-8/h4-5H,3,10H2,1-2H3,(H,11,13)/b7-4+. The lowest BCUT2D eigenvalue weighted by molar-refractivity contribution is 1.04. The molecule has 0 unspecified atom stereocenters. The molecular formula is C9H13N3O. The molecule has 1 aromatic rings. The molecule has 0 aliphatic heterocycles. The van der Waals surface area contributed by atoms with Gasteiger partial charge in [0.2, 0.25) is 0 Å². The fourth-order valence-electron chi connectivity index (χ4n) is 1.01. The van der Waals surface area contributed by atoms with Gasteiger partial charge in [-0.15, -0.1) is 0 Å². The Morgan fingerprint density at radius 3 is 3.08 bits per heavy atom. The number of nitrogens with two attached hydrogens (primary N) is 1. The average molecular weight is 179 g/mol. The van der Waals surface area contributed by atoms with Crippen LogP contribution in [0.15, 0.2) is 17.1 Å². The molecule has 0 bridgehead atoms. The van der Waals surface area contributed by atoms with E-state index in [2.05, 4.69) is 9.97 Å². The zero-order valence-electron chi connectivity index (χ0n) is 7.79. The van der Waals surface area contributed by atoms with Crippen molar-refractivity contribution in [3.8, 4) is 0 Å². The number of rotatable bonds is 2. The number of aromatic nitrogens is 2. The molecule has 13 heavy (non-hydrogen) atoms. The highest BCUT2D eigenvalue weighted by molar-refractivity contribution is 5.58. The zero-order chi connectivity index (χ0) is 9.84. The first-order valence-corrected chi connectivity index (χ1v) is 4.17. The highest BCUT2D eigenvalue weighted by Crippen LogP contribution is 2.00. The summed E-state index contributed by atoms with van der Waals surface area (Å²) < 4.78 is 0. The molecular weight excluding hydrogens is 166 g/mol. The molecule has 3 N–H and O–H groups in total. The van der Waals surface area contributed by atoms with E-state index in [1.165, 1.54) is 0 Å². The van der Waals surface area contributed by atoms with Crippen LogP contribution < -0.4 is 11.3 Å². The minimum absolute atomic E-state index is 0.243. The highest BCUT2D eigenvalue weighted by Gasteiger charge is 2.03. The molecule has 1 heterocycles. The lowest BCUT2D eigenvalue weighted by Crippen LogP contribution is -2.17. The third-order valence-electron chi connectivity index (χ3n) is 1.61. The van der Waals surface area contributed by atoms with Crippen molar-refractivity contribution in [3.63, 3.8) is 0 Å². The van der Waals surface area contributed by atoms with Crippen LogP contribution in [0.3, 0.4) is 0 Å². The highest BCUT2D eigenvalue weighted by atomic mass is 16.1. The first kappa shape index (κ1) is 9.51. The Bertz CT molecular complexity index is 379. The maximum Gasteiger partial charge on any atom is 0.275 e. The quantitative estimate of drug-likeness (QED) is 0.705. The van der Waals surface area contributed by atoms with Gasteiger partial charge >= 0.3 is 0 Å². The molecule has 70 valence electrons. The summed E-state index contributed by atoms with van der Waals surface area (Å²) in [6.07, 6.45) is 4.13. The summed E-state index contributed by atoms with van der Waals surface area (Å²) >= 11 is 0. The van der Waals surface area contributed by atoms with Gasteiger partial charge in [-0.25, -0.2) is 4.98 Å². The summed E-state index contributed by atoms with van der Waals surface area (Å²) in [5.41, 5.74) is 6.91. The third kappa shape index (κ3) is 2.18. The predicted molar refractivity (Wildman–Crippen MR) is 52.1 cm³/mol. The lowest BCUT2D eigenvalue weighted by Gasteiger charge is -1.99. The molecule has 0 aliphatic carbocycles. The topological polar surface area (TPSA) is 71.8 Å². The molecule has 0 aromatic carbocycles. The summed E-state index contributed by atoms with van der Waals surface area (Å²) in [7, 11) is 0. The van der Waals surface area contributed by atoms with Crippen molar-refractivity contribution in [1.29, 1.82) is 0 Å². The molecule has 0 aliphatic rings. The number of hydrogen-bond acceptors (Lipinski definition) is 3. The number of aromatic amines is 1. The summed E-state index contributed by atoms with van der Waals surface area (Å²) in [4.78, 5) is 17.9. The van der Waals surface area contributed by atoms with Gasteiger partial charge in [0.05, 0.1) is 11.4 Å². The Balaban J connectivity index is 3.21. The molecule has 0 saturated carbocycles. The predicted octanol–water partition coefficient (Wildman–Crippen LogP) is 0.788. The Morgan fingerprint density at radius 1 is 1.77 bits per heavy atom. The van der Waals surface area contributed by atoms with Crippen LogP contribution in [0.25, 0.3) is 5.70 Å². The van der Waals surface area contributed by atoms with E-state index in [0.717, 1.165) is 12.1 Å². The van der Waals surface area contributed by atoms with Crippen molar-refractivity contribution in [2.75, 3.05) is 0 Å². The first-order valence-electron chi connectivity index (χ1n) is 4.17. The number of H-pyrrole nitrogens is 1.